The van der Waals surface area contributed by atoms with E-state index in [1.54, 1.807) is 13.0 Å². The first-order valence-electron chi connectivity index (χ1n) is 9.04. The fourth-order valence-corrected chi connectivity index (χ4v) is 4.00. The number of nitrogens with zero attached hydrogens (tertiary/aromatic N) is 1. The molecule has 0 radical (unpaired) electrons. The van der Waals surface area contributed by atoms with Gasteiger partial charge in [0, 0.05) is 6.07 Å². The van der Waals surface area contributed by atoms with Gasteiger partial charge in [0.25, 0.3) is 5.69 Å². The molecule has 0 aliphatic rings. The number of aryl methyl sites for hydroxylation is 3. The topological polar surface area (TPSA) is 69.4 Å². The normalized spacial score (nSPS) is 11.8. The predicted molar refractivity (Wildman–Crippen MR) is 108 cm³/mol. The van der Waals surface area contributed by atoms with Crippen molar-refractivity contribution < 1.29 is 14.5 Å². The van der Waals surface area contributed by atoms with Gasteiger partial charge >= 0.3 is 5.97 Å². The van der Waals surface area contributed by atoms with E-state index in [1.807, 2.05) is 19.1 Å². The number of esters is 1. The smallest absolute Gasteiger partial charge is 0.319 e. The Morgan fingerprint density at radius 1 is 1.19 bits per heavy atom. The van der Waals surface area contributed by atoms with Crippen LogP contribution in [0.1, 0.15) is 36.5 Å². The first-order chi connectivity index (χ1) is 12.9. The van der Waals surface area contributed by atoms with E-state index in [4.69, 9.17) is 4.74 Å². The zero-order valence-corrected chi connectivity index (χ0v) is 16.8. The number of nitro benzene ring substituents is 1. The lowest BCUT2D eigenvalue weighted by molar-refractivity contribution is -0.387. The number of carbonyl (C=O) groups is 1. The molecule has 0 heterocycles. The van der Waals surface area contributed by atoms with Gasteiger partial charge in [-0.15, -0.1) is 11.8 Å². The van der Waals surface area contributed by atoms with Crippen LogP contribution in [0.5, 0.6) is 0 Å². The summed E-state index contributed by atoms with van der Waals surface area (Å²) in [5.74, 6) is -0.318. The van der Waals surface area contributed by atoms with Gasteiger partial charge in [0.1, 0.15) is 5.25 Å². The van der Waals surface area contributed by atoms with Gasteiger partial charge in [-0.25, -0.2) is 0 Å². The summed E-state index contributed by atoms with van der Waals surface area (Å²) >= 11 is 1.22. The predicted octanol–water partition coefficient (Wildman–Crippen LogP) is 5.26. The maximum absolute atomic E-state index is 12.4. The molecule has 0 amide bonds. The first-order valence-corrected chi connectivity index (χ1v) is 9.92. The molecule has 0 bridgehead atoms. The van der Waals surface area contributed by atoms with Crippen LogP contribution in [-0.2, 0) is 16.0 Å². The van der Waals surface area contributed by atoms with E-state index in [0.29, 0.717) is 17.9 Å². The summed E-state index contributed by atoms with van der Waals surface area (Å²) in [7, 11) is 0. The maximum Gasteiger partial charge on any atom is 0.319 e. The summed E-state index contributed by atoms with van der Waals surface area (Å²) in [5, 5.41) is 10.9. The number of nitro groups is 1. The molecule has 2 aromatic carbocycles. The van der Waals surface area contributed by atoms with Crippen LogP contribution in [0.4, 0.5) is 5.69 Å². The molecule has 2 rings (SSSR count). The van der Waals surface area contributed by atoms with Gasteiger partial charge in [-0.1, -0.05) is 35.9 Å². The van der Waals surface area contributed by atoms with E-state index < -0.39 is 10.2 Å². The Hall–Kier alpha value is -2.34. The highest BCUT2D eigenvalue weighted by molar-refractivity contribution is 8.00. The van der Waals surface area contributed by atoms with Crippen LogP contribution in [0.3, 0.4) is 0 Å². The van der Waals surface area contributed by atoms with Gasteiger partial charge in [-0.05, 0) is 57.2 Å². The minimum atomic E-state index is -0.462. The monoisotopic (exact) mass is 387 g/mol. The highest BCUT2D eigenvalue weighted by atomic mass is 32.2. The fourth-order valence-electron chi connectivity index (χ4n) is 2.84. The lowest BCUT2D eigenvalue weighted by atomic mass is 10.0. The van der Waals surface area contributed by atoms with Crippen LogP contribution in [-0.4, -0.2) is 22.7 Å². The van der Waals surface area contributed by atoms with Crippen LogP contribution >= 0.6 is 11.8 Å². The van der Waals surface area contributed by atoms with Gasteiger partial charge in [-0.3, -0.25) is 14.9 Å². The van der Waals surface area contributed by atoms with E-state index in [9.17, 15) is 14.9 Å². The number of thioether (sulfide) groups is 1. The van der Waals surface area contributed by atoms with Crippen molar-refractivity contribution in [2.45, 2.75) is 50.2 Å². The molecule has 0 fully saturated rings. The van der Waals surface area contributed by atoms with Crippen LogP contribution in [0.2, 0.25) is 0 Å². The molecule has 0 N–H and O–H groups in total. The van der Waals surface area contributed by atoms with Crippen molar-refractivity contribution in [1.82, 2.24) is 0 Å². The number of carbonyl (C=O) groups excluding carboxylic acids is 1. The summed E-state index contributed by atoms with van der Waals surface area (Å²) in [5.41, 5.74) is 3.29. The SMILES string of the molecule is CCOC(=O)[C@H](CCCc1cccc(C)c1)Sc1ccc(C)cc1[N+](=O)[O-]. The van der Waals surface area contributed by atoms with E-state index >= 15 is 0 Å². The van der Waals surface area contributed by atoms with E-state index in [0.717, 1.165) is 18.4 Å². The number of benzene rings is 2. The van der Waals surface area contributed by atoms with Crippen molar-refractivity contribution in [3.05, 3.63) is 69.3 Å². The molecule has 0 aliphatic heterocycles. The van der Waals surface area contributed by atoms with Gasteiger partial charge in [0.05, 0.1) is 16.4 Å². The lowest BCUT2D eigenvalue weighted by Gasteiger charge is -2.15. The molecule has 0 saturated heterocycles. The molecule has 27 heavy (non-hydrogen) atoms. The van der Waals surface area contributed by atoms with Crippen LogP contribution in [0.15, 0.2) is 47.4 Å². The second-order valence-corrected chi connectivity index (χ2v) is 7.71. The molecule has 0 aliphatic carbocycles. The average Bonchev–Trinajstić information content (AvgIpc) is 2.62. The molecule has 0 saturated carbocycles. The van der Waals surface area contributed by atoms with Crippen molar-refractivity contribution in [3.63, 3.8) is 0 Å². The van der Waals surface area contributed by atoms with Crippen LogP contribution in [0.25, 0.3) is 0 Å². The number of rotatable bonds is 9. The van der Waals surface area contributed by atoms with Crippen LogP contribution in [0, 0.1) is 24.0 Å². The van der Waals surface area contributed by atoms with E-state index in [-0.39, 0.29) is 11.7 Å². The lowest BCUT2D eigenvalue weighted by Crippen LogP contribution is -2.20. The van der Waals surface area contributed by atoms with Gasteiger partial charge < -0.3 is 4.74 Å². The zero-order chi connectivity index (χ0) is 19.8. The van der Waals surface area contributed by atoms with Crippen LogP contribution < -0.4 is 0 Å². The molecule has 0 spiro atoms. The summed E-state index contributed by atoms with van der Waals surface area (Å²) in [6.45, 7) is 5.92. The molecule has 6 heteroatoms. The van der Waals surface area contributed by atoms with Crippen molar-refractivity contribution in [2.24, 2.45) is 0 Å². The van der Waals surface area contributed by atoms with E-state index in [1.165, 1.54) is 29.0 Å². The molecule has 5 nitrogen and oxygen atoms in total. The second kappa shape index (κ2) is 10.1. The van der Waals surface area contributed by atoms with Crippen molar-refractivity contribution in [3.8, 4) is 0 Å². The Bertz CT molecular complexity index is 807. The Morgan fingerprint density at radius 3 is 2.59 bits per heavy atom. The Kier molecular flexibility index (Phi) is 7.85. The van der Waals surface area contributed by atoms with Gasteiger partial charge in [0.15, 0.2) is 0 Å². The Labute approximate surface area is 164 Å². The summed E-state index contributed by atoms with van der Waals surface area (Å²) < 4.78 is 5.19. The Balaban J connectivity index is 2.10. The first kappa shape index (κ1) is 21.0. The fraction of sp³-hybridized carbons (Fsp3) is 0.381. The standard InChI is InChI=1S/C21H25NO4S/c1-4-26-21(23)20(10-6-9-17-8-5-7-15(2)13-17)27-19-12-11-16(3)14-18(19)22(24)25/h5,7-8,11-14,20H,4,6,9-10H2,1-3H3/t20-/m0/s1. The largest absolute Gasteiger partial charge is 0.465 e. The van der Waals surface area contributed by atoms with Crippen molar-refractivity contribution in [2.75, 3.05) is 6.61 Å². The van der Waals surface area contributed by atoms with Crippen molar-refractivity contribution >= 4 is 23.4 Å². The third-order valence-electron chi connectivity index (χ3n) is 4.14. The summed E-state index contributed by atoms with van der Waals surface area (Å²) in [6.07, 6.45) is 2.26. The highest BCUT2D eigenvalue weighted by Gasteiger charge is 2.25. The van der Waals surface area contributed by atoms with Gasteiger partial charge in [0.2, 0.25) is 0 Å². The average molecular weight is 388 g/mol. The third-order valence-corrected chi connectivity index (χ3v) is 5.46. The summed E-state index contributed by atoms with van der Waals surface area (Å²) in [4.78, 5) is 23.8. The summed E-state index contributed by atoms with van der Waals surface area (Å²) in [6, 6.07) is 13.4. The van der Waals surface area contributed by atoms with E-state index in [2.05, 4.69) is 25.1 Å². The number of hydrogen-bond donors (Lipinski definition) is 0. The molecule has 2 aromatic rings. The second-order valence-electron chi connectivity index (χ2n) is 6.47. The zero-order valence-electron chi connectivity index (χ0n) is 15.9. The molecule has 1 atom stereocenters. The highest BCUT2D eigenvalue weighted by Crippen LogP contribution is 2.35. The maximum atomic E-state index is 12.4. The third kappa shape index (κ3) is 6.40. The quantitative estimate of drug-likeness (QED) is 0.254. The number of hydrogen-bond acceptors (Lipinski definition) is 5. The Morgan fingerprint density at radius 2 is 1.93 bits per heavy atom. The number of ether oxygens (including phenoxy) is 1. The molecular weight excluding hydrogens is 362 g/mol. The minimum Gasteiger partial charge on any atom is -0.465 e. The van der Waals surface area contributed by atoms with Gasteiger partial charge in [-0.2, -0.15) is 0 Å². The molecule has 0 aromatic heterocycles. The molecular formula is C21H25NO4S. The minimum absolute atomic E-state index is 0.0352. The van der Waals surface area contributed by atoms with Crippen molar-refractivity contribution in [1.29, 1.82) is 0 Å². The molecule has 0 unspecified atom stereocenters. The molecule has 144 valence electrons.